The van der Waals surface area contributed by atoms with Gasteiger partial charge >= 0.3 is 0 Å². The second-order valence-corrected chi connectivity index (χ2v) is 8.30. The van der Waals surface area contributed by atoms with Gasteiger partial charge in [0.2, 0.25) is 5.76 Å². The van der Waals surface area contributed by atoms with Crippen LogP contribution in [0.5, 0.6) is 0 Å². The first-order valence-corrected chi connectivity index (χ1v) is 10.6. The summed E-state index contributed by atoms with van der Waals surface area (Å²) < 4.78 is 6.02. The molecule has 1 aliphatic rings. The van der Waals surface area contributed by atoms with E-state index in [2.05, 4.69) is 0 Å². The molecule has 0 N–H and O–H groups in total. The summed E-state index contributed by atoms with van der Waals surface area (Å²) in [6, 6.07) is 22.2. The van der Waals surface area contributed by atoms with Crippen LogP contribution in [0, 0.1) is 6.92 Å². The third kappa shape index (κ3) is 3.43. The number of carbonyl (C=O) groups is 1. The number of rotatable bonds is 4. The number of hydrogen-bond acceptors (Lipinski definition) is 3. The van der Waals surface area contributed by atoms with Gasteiger partial charge in [0.05, 0.1) is 17.0 Å². The number of halogens is 1. The molecule has 3 aromatic carbocycles. The number of fused-ring (bicyclic) bond motifs is 2. The van der Waals surface area contributed by atoms with E-state index in [1.54, 1.807) is 23.1 Å². The number of aryl methyl sites for hydroxylation is 1. The van der Waals surface area contributed by atoms with Crippen molar-refractivity contribution in [2.24, 2.45) is 0 Å². The molecule has 0 radical (unpaired) electrons. The maximum atomic E-state index is 13.5. The van der Waals surface area contributed by atoms with E-state index in [1.165, 1.54) is 0 Å². The Morgan fingerprint density at radius 3 is 2.55 bits per heavy atom. The van der Waals surface area contributed by atoms with Crippen LogP contribution in [0.2, 0.25) is 5.02 Å². The zero-order chi connectivity index (χ0) is 21.5. The van der Waals surface area contributed by atoms with Crippen LogP contribution in [0.25, 0.3) is 11.0 Å². The fourth-order valence-electron chi connectivity index (χ4n) is 4.27. The largest absolute Gasteiger partial charge is 0.450 e. The van der Waals surface area contributed by atoms with Crippen LogP contribution in [-0.2, 0) is 6.42 Å². The molecule has 1 atom stereocenters. The van der Waals surface area contributed by atoms with Crippen molar-refractivity contribution in [2.75, 3.05) is 6.54 Å². The molecule has 4 aromatic rings. The average Bonchev–Trinajstić information content (AvgIpc) is 3.05. The van der Waals surface area contributed by atoms with E-state index in [-0.39, 0.29) is 17.1 Å². The van der Waals surface area contributed by atoms with Crippen molar-refractivity contribution >= 4 is 28.5 Å². The van der Waals surface area contributed by atoms with E-state index in [0.29, 0.717) is 34.5 Å². The molecule has 0 saturated carbocycles. The molecule has 5 rings (SSSR count). The zero-order valence-corrected chi connectivity index (χ0v) is 17.7. The summed E-state index contributed by atoms with van der Waals surface area (Å²) in [5, 5.41) is 1.04. The van der Waals surface area contributed by atoms with E-state index in [4.69, 9.17) is 16.0 Å². The van der Waals surface area contributed by atoms with Gasteiger partial charge in [-0.25, -0.2) is 0 Å². The molecule has 1 aliphatic heterocycles. The van der Waals surface area contributed by atoms with E-state index in [1.807, 2.05) is 61.5 Å². The molecular formula is C26H20ClNO3. The lowest BCUT2D eigenvalue weighted by atomic mass is 9.98. The number of hydrogen-bond donors (Lipinski definition) is 0. The van der Waals surface area contributed by atoms with Crippen LogP contribution >= 0.6 is 11.6 Å². The minimum atomic E-state index is -0.535. The van der Waals surface area contributed by atoms with E-state index in [0.717, 1.165) is 16.7 Å². The molecule has 0 aliphatic carbocycles. The van der Waals surface area contributed by atoms with Crippen molar-refractivity contribution in [3.63, 3.8) is 0 Å². The standard InChI is InChI=1S/C26H20ClNO3/c1-16-10-11-20-21(14-16)31-25-22(24(20)29)23(18-8-5-9-19(27)15-18)28(26(25)30)13-12-17-6-3-2-4-7-17/h2-11,14-15,23H,12-13H2,1H3. The zero-order valence-electron chi connectivity index (χ0n) is 17.0. The highest BCUT2D eigenvalue weighted by molar-refractivity contribution is 6.30. The Balaban J connectivity index is 1.66. The average molecular weight is 430 g/mol. The Kier molecular flexibility index (Phi) is 4.87. The maximum absolute atomic E-state index is 13.5. The van der Waals surface area contributed by atoms with Gasteiger partial charge < -0.3 is 9.32 Å². The first kappa shape index (κ1) is 19.6. The summed E-state index contributed by atoms with van der Waals surface area (Å²) in [6.45, 7) is 2.38. The van der Waals surface area contributed by atoms with Crippen molar-refractivity contribution in [1.29, 1.82) is 0 Å². The van der Waals surface area contributed by atoms with Gasteiger partial charge in [0.1, 0.15) is 5.58 Å². The predicted octanol–water partition coefficient (Wildman–Crippen LogP) is 5.54. The van der Waals surface area contributed by atoms with Crippen molar-refractivity contribution in [3.8, 4) is 0 Å². The number of nitrogens with zero attached hydrogens (tertiary/aromatic N) is 1. The second kappa shape index (κ2) is 7.71. The molecule has 0 fully saturated rings. The molecule has 0 spiro atoms. The number of carbonyl (C=O) groups excluding carboxylic acids is 1. The Labute approximate surface area is 184 Å². The fraction of sp³-hybridized carbons (Fsp3) is 0.154. The number of amides is 1. The Hall–Kier alpha value is -3.37. The summed E-state index contributed by atoms with van der Waals surface area (Å²) in [5.41, 5.74) is 3.54. The predicted molar refractivity (Wildman–Crippen MR) is 122 cm³/mol. The van der Waals surface area contributed by atoms with E-state index < -0.39 is 6.04 Å². The summed E-state index contributed by atoms with van der Waals surface area (Å²) >= 11 is 6.25. The quantitative estimate of drug-likeness (QED) is 0.427. The van der Waals surface area contributed by atoms with Crippen LogP contribution in [-0.4, -0.2) is 17.4 Å². The minimum Gasteiger partial charge on any atom is -0.450 e. The molecule has 154 valence electrons. The molecule has 31 heavy (non-hydrogen) atoms. The van der Waals surface area contributed by atoms with Gasteiger partial charge in [-0.3, -0.25) is 9.59 Å². The molecule has 5 heteroatoms. The molecular weight excluding hydrogens is 410 g/mol. The number of benzene rings is 3. The lowest BCUT2D eigenvalue weighted by Gasteiger charge is -2.25. The Morgan fingerprint density at radius 1 is 0.968 bits per heavy atom. The topological polar surface area (TPSA) is 50.5 Å². The van der Waals surface area contributed by atoms with E-state index >= 15 is 0 Å². The minimum absolute atomic E-state index is 0.126. The summed E-state index contributed by atoms with van der Waals surface area (Å²) in [4.78, 5) is 28.6. The lowest BCUT2D eigenvalue weighted by molar-refractivity contribution is 0.0730. The highest BCUT2D eigenvalue weighted by atomic mass is 35.5. The second-order valence-electron chi connectivity index (χ2n) is 7.87. The van der Waals surface area contributed by atoms with Crippen molar-refractivity contribution in [2.45, 2.75) is 19.4 Å². The van der Waals surface area contributed by atoms with Crippen LogP contribution in [0.3, 0.4) is 0 Å². The third-order valence-corrected chi connectivity index (χ3v) is 6.01. The maximum Gasteiger partial charge on any atom is 0.290 e. The highest BCUT2D eigenvalue weighted by Gasteiger charge is 2.42. The molecule has 0 saturated heterocycles. The van der Waals surface area contributed by atoms with Gasteiger partial charge in [-0.05, 0) is 54.3 Å². The van der Waals surface area contributed by atoms with Crippen molar-refractivity contribution in [1.82, 2.24) is 4.90 Å². The van der Waals surface area contributed by atoms with Crippen LogP contribution in [0.4, 0.5) is 0 Å². The normalized spacial score (nSPS) is 15.5. The Morgan fingerprint density at radius 2 is 1.77 bits per heavy atom. The lowest BCUT2D eigenvalue weighted by Crippen LogP contribution is -2.31. The van der Waals surface area contributed by atoms with Crippen LogP contribution < -0.4 is 5.43 Å². The smallest absolute Gasteiger partial charge is 0.290 e. The molecule has 4 nitrogen and oxygen atoms in total. The van der Waals surface area contributed by atoms with Gasteiger partial charge in [0, 0.05) is 11.6 Å². The van der Waals surface area contributed by atoms with Crippen molar-refractivity contribution in [3.05, 3.63) is 116 Å². The fourth-order valence-corrected chi connectivity index (χ4v) is 4.47. The van der Waals surface area contributed by atoms with Gasteiger partial charge in [0.15, 0.2) is 5.43 Å². The molecule has 1 amide bonds. The monoisotopic (exact) mass is 429 g/mol. The molecule has 0 bridgehead atoms. The summed E-state index contributed by atoms with van der Waals surface area (Å²) in [6.07, 6.45) is 0.671. The first-order chi connectivity index (χ1) is 15.0. The van der Waals surface area contributed by atoms with Gasteiger partial charge in [-0.15, -0.1) is 0 Å². The summed E-state index contributed by atoms with van der Waals surface area (Å²) in [5.74, 6) is -0.141. The van der Waals surface area contributed by atoms with Crippen LogP contribution in [0.15, 0.2) is 82.0 Å². The third-order valence-electron chi connectivity index (χ3n) is 5.77. The molecule has 2 heterocycles. The van der Waals surface area contributed by atoms with Crippen LogP contribution in [0.1, 0.15) is 38.9 Å². The summed E-state index contributed by atoms with van der Waals surface area (Å²) in [7, 11) is 0. The molecule has 1 unspecified atom stereocenters. The van der Waals surface area contributed by atoms with Crippen molar-refractivity contribution < 1.29 is 9.21 Å². The van der Waals surface area contributed by atoms with Gasteiger partial charge in [-0.1, -0.05) is 60.1 Å². The van der Waals surface area contributed by atoms with E-state index in [9.17, 15) is 9.59 Å². The van der Waals surface area contributed by atoms with Gasteiger partial charge in [0.25, 0.3) is 5.91 Å². The molecule has 1 aromatic heterocycles. The first-order valence-electron chi connectivity index (χ1n) is 10.2. The Bertz CT molecular complexity index is 1360. The van der Waals surface area contributed by atoms with Gasteiger partial charge in [-0.2, -0.15) is 0 Å². The highest BCUT2D eigenvalue weighted by Crippen LogP contribution is 2.38. The SMILES string of the molecule is Cc1ccc2c(=O)c3c(oc2c1)C(=O)N(CCc1ccccc1)C3c1cccc(Cl)c1.